The Morgan fingerprint density at radius 3 is 2.23 bits per heavy atom. The molecule has 3 heterocycles. The highest BCUT2D eigenvalue weighted by Crippen LogP contribution is 2.60. The van der Waals surface area contributed by atoms with E-state index >= 15 is 0 Å². The zero-order chi connectivity index (χ0) is 18.3. The average Bonchev–Trinajstić information content (AvgIpc) is 3.13. The molecule has 2 aliphatic heterocycles. The third kappa shape index (κ3) is 2.99. The van der Waals surface area contributed by atoms with Gasteiger partial charge in [0.25, 0.3) is 5.91 Å². The third-order valence-corrected chi connectivity index (χ3v) is 6.23. The van der Waals surface area contributed by atoms with Gasteiger partial charge in [0.15, 0.2) is 5.76 Å². The first kappa shape index (κ1) is 17.1. The fourth-order valence-corrected chi connectivity index (χ4v) is 4.46. The summed E-state index contributed by atoms with van der Waals surface area (Å²) in [6.45, 7) is 2.96. The lowest BCUT2D eigenvalue weighted by Crippen LogP contribution is -2.42. The summed E-state index contributed by atoms with van der Waals surface area (Å²) in [5, 5.41) is 8.90. The maximum absolute atomic E-state index is 12.7. The van der Waals surface area contributed by atoms with Gasteiger partial charge in [-0.1, -0.05) is 0 Å². The van der Waals surface area contributed by atoms with Crippen LogP contribution in [-0.4, -0.2) is 58.9 Å². The van der Waals surface area contributed by atoms with E-state index in [0.717, 1.165) is 45.2 Å². The lowest BCUT2D eigenvalue weighted by molar-refractivity contribution is -0.134. The van der Waals surface area contributed by atoms with Crippen molar-refractivity contribution in [3.63, 3.8) is 0 Å². The molecule has 2 saturated heterocycles. The molecule has 3 fully saturated rings. The minimum absolute atomic E-state index is 0.0649. The van der Waals surface area contributed by atoms with Crippen molar-refractivity contribution in [2.24, 2.45) is 11.3 Å². The van der Waals surface area contributed by atoms with Crippen LogP contribution in [0.5, 0.6) is 0 Å². The first-order chi connectivity index (χ1) is 12.5. The van der Waals surface area contributed by atoms with Crippen molar-refractivity contribution in [2.45, 2.75) is 38.5 Å². The molecule has 1 atom stereocenters. The van der Waals surface area contributed by atoms with E-state index in [1.165, 1.54) is 18.6 Å². The summed E-state index contributed by atoms with van der Waals surface area (Å²) in [7, 11) is 0. The molecule has 4 rings (SSSR count). The number of nitrogens with zero attached hydrogens (tertiary/aromatic N) is 2. The highest BCUT2D eigenvalue weighted by Gasteiger charge is 2.59. The van der Waals surface area contributed by atoms with Crippen LogP contribution in [0.25, 0.3) is 0 Å². The quantitative estimate of drug-likeness (QED) is 0.892. The fourth-order valence-electron chi connectivity index (χ4n) is 4.46. The molecule has 26 heavy (non-hydrogen) atoms. The summed E-state index contributed by atoms with van der Waals surface area (Å²) in [6, 6.07) is 2.71. The Kier molecular flexibility index (Phi) is 4.25. The number of piperidine rings is 2. The maximum Gasteiger partial charge on any atom is 0.371 e. The van der Waals surface area contributed by atoms with Crippen LogP contribution in [0.1, 0.15) is 59.6 Å². The molecule has 1 spiro atoms. The molecule has 1 aromatic rings. The van der Waals surface area contributed by atoms with Crippen LogP contribution in [0.2, 0.25) is 0 Å². The van der Waals surface area contributed by atoms with Crippen molar-refractivity contribution in [3.8, 4) is 0 Å². The number of carbonyl (C=O) groups is 3. The van der Waals surface area contributed by atoms with Gasteiger partial charge < -0.3 is 19.3 Å². The number of hydrogen-bond donors (Lipinski definition) is 1. The van der Waals surface area contributed by atoms with E-state index in [1.807, 2.05) is 4.90 Å². The Labute approximate surface area is 151 Å². The Morgan fingerprint density at radius 2 is 1.62 bits per heavy atom. The maximum atomic E-state index is 12.7. The van der Waals surface area contributed by atoms with Crippen LogP contribution in [0, 0.1) is 11.3 Å². The molecule has 140 valence electrons. The van der Waals surface area contributed by atoms with Gasteiger partial charge in [-0.2, -0.15) is 0 Å². The van der Waals surface area contributed by atoms with E-state index in [9.17, 15) is 14.4 Å². The van der Waals surface area contributed by atoms with Crippen molar-refractivity contribution in [1.29, 1.82) is 0 Å². The highest BCUT2D eigenvalue weighted by molar-refractivity contribution is 5.93. The molecule has 7 heteroatoms. The molecule has 7 nitrogen and oxygen atoms in total. The number of rotatable bonds is 3. The summed E-state index contributed by atoms with van der Waals surface area (Å²) in [6.07, 6.45) is 6.02. The topological polar surface area (TPSA) is 91.1 Å². The number of carbonyl (C=O) groups excluding carboxylic acids is 2. The predicted octanol–water partition coefficient (Wildman–Crippen LogP) is 2.23. The summed E-state index contributed by atoms with van der Waals surface area (Å²) in [5.74, 6) is -1.18. The Bertz CT molecular complexity index is 726. The van der Waals surface area contributed by atoms with Crippen molar-refractivity contribution in [3.05, 3.63) is 23.7 Å². The van der Waals surface area contributed by atoms with E-state index in [4.69, 9.17) is 9.52 Å². The molecule has 3 aliphatic rings. The highest BCUT2D eigenvalue weighted by atomic mass is 16.4. The number of carboxylic acid groups (broad SMARTS) is 1. The minimum Gasteiger partial charge on any atom is -0.475 e. The summed E-state index contributed by atoms with van der Waals surface area (Å²) >= 11 is 0. The predicted molar refractivity (Wildman–Crippen MR) is 91.8 cm³/mol. The number of aromatic carboxylic acids is 1. The van der Waals surface area contributed by atoms with Gasteiger partial charge in [-0.3, -0.25) is 9.59 Å². The lowest BCUT2D eigenvalue weighted by atomic mass is 9.90. The molecular weight excluding hydrogens is 336 g/mol. The molecule has 1 saturated carbocycles. The number of likely N-dealkylation sites (tertiary alicyclic amines) is 2. The molecule has 0 aromatic carbocycles. The first-order valence-corrected chi connectivity index (χ1v) is 9.41. The average molecular weight is 360 g/mol. The van der Waals surface area contributed by atoms with Gasteiger partial charge in [0.05, 0.1) is 0 Å². The second kappa shape index (κ2) is 6.45. The number of hydrogen-bond acceptors (Lipinski definition) is 4. The largest absolute Gasteiger partial charge is 0.475 e. The van der Waals surface area contributed by atoms with Gasteiger partial charge in [0, 0.05) is 32.1 Å². The second-order valence-electron chi connectivity index (χ2n) is 7.77. The van der Waals surface area contributed by atoms with E-state index < -0.39 is 5.97 Å². The summed E-state index contributed by atoms with van der Waals surface area (Å²) in [4.78, 5) is 39.8. The molecule has 0 radical (unpaired) electrons. The molecule has 0 bridgehead atoms. The van der Waals surface area contributed by atoms with E-state index in [1.54, 1.807) is 4.90 Å². The van der Waals surface area contributed by atoms with Gasteiger partial charge in [0.1, 0.15) is 0 Å². The number of carboxylic acids is 1. The molecule has 1 N–H and O–H groups in total. The SMILES string of the molecule is O=C(O)c1ccc(C(=O)N2CCC3(CC2)CC3C(=O)N2CCCCC2)o1. The summed E-state index contributed by atoms with van der Waals surface area (Å²) in [5.41, 5.74) is 0.0701. The smallest absolute Gasteiger partial charge is 0.371 e. The minimum atomic E-state index is -1.18. The van der Waals surface area contributed by atoms with Gasteiger partial charge >= 0.3 is 5.97 Å². The zero-order valence-corrected chi connectivity index (χ0v) is 14.8. The Balaban J connectivity index is 1.33. The van der Waals surface area contributed by atoms with Crippen molar-refractivity contribution in [1.82, 2.24) is 9.80 Å². The van der Waals surface area contributed by atoms with Crippen LogP contribution in [0.15, 0.2) is 16.5 Å². The van der Waals surface area contributed by atoms with Crippen molar-refractivity contribution < 1.29 is 23.9 Å². The van der Waals surface area contributed by atoms with Gasteiger partial charge in [0.2, 0.25) is 11.7 Å². The van der Waals surface area contributed by atoms with E-state index in [0.29, 0.717) is 19.0 Å². The van der Waals surface area contributed by atoms with Crippen LogP contribution in [-0.2, 0) is 4.79 Å². The molecule has 1 unspecified atom stereocenters. The van der Waals surface area contributed by atoms with E-state index in [2.05, 4.69) is 0 Å². The zero-order valence-electron chi connectivity index (χ0n) is 14.8. The molecule has 1 aromatic heterocycles. The van der Waals surface area contributed by atoms with E-state index in [-0.39, 0.29) is 28.8 Å². The van der Waals surface area contributed by atoms with Crippen LogP contribution in [0.3, 0.4) is 0 Å². The normalized spacial score (nSPS) is 24.5. The second-order valence-corrected chi connectivity index (χ2v) is 7.77. The third-order valence-electron chi connectivity index (χ3n) is 6.23. The molecular formula is C19H24N2O5. The summed E-state index contributed by atoms with van der Waals surface area (Å²) < 4.78 is 5.11. The Hall–Kier alpha value is -2.31. The number of amides is 2. The Morgan fingerprint density at radius 1 is 0.962 bits per heavy atom. The number of furan rings is 1. The lowest BCUT2D eigenvalue weighted by Gasteiger charge is -2.33. The fraction of sp³-hybridized carbons (Fsp3) is 0.632. The molecule has 1 aliphatic carbocycles. The first-order valence-electron chi connectivity index (χ1n) is 9.41. The van der Waals surface area contributed by atoms with Crippen molar-refractivity contribution >= 4 is 17.8 Å². The van der Waals surface area contributed by atoms with Crippen LogP contribution in [0.4, 0.5) is 0 Å². The monoisotopic (exact) mass is 360 g/mol. The van der Waals surface area contributed by atoms with Crippen LogP contribution < -0.4 is 0 Å². The molecule has 2 amide bonds. The van der Waals surface area contributed by atoms with Gasteiger partial charge in [-0.15, -0.1) is 0 Å². The van der Waals surface area contributed by atoms with Gasteiger partial charge in [-0.25, -0.2) is 4.79 Å². The standard InChI is InChI=1S/C19H24N2O5/c22-16(20-8-2-1-3-9-20)13-12-19(13)6-10-21(11-7-19)17(23)14-4-5-15(26-14)18(24)25/h4-5,13H,1-3,6-12H2,(H,24,25). The van der Waals surface area contributed by atoms with Crippen molar-refractivity contribution in [2.75, 3.05) is 26.2 Å². The van der Waals surface area contributed by atoms with Crippen LogP contribution >= 0.6 is 0 Å². The van der Waals surface area contributed by atoms with Gasteiger partial charge in [-0.05, 0) is 56.1 Å².